The molecular weight excluding hydrogens is 722 g/mol. The van der Waals surface area contributed by atoms with Crippen LogP contribution in [0.25, 0.3) is 27.5 Å². The molecule has 2 heterocycles. The van der Waals surface area contributed by atoms with Gasteiger partial charge in [-0.25, -0.2) is 31.3 Å². The smallest absolute Gasteiger partial charge is 0.405 e. The van der Waals surface area contributed by atoms with E-state index in [-0.39, 0.29) is 62.7 Å². The Hall–Kier alpha value is -5.74. The van der Waals surface area contributed by atoms with E-state index in [1.54, 1.807) is 30.3 Å². The van der Waals surface area contributed by atoms with Gasteiger partial charge in [0.05, 0.1) is 65.6 Å². The fraction of sp³-hybridized carbons (Fsp3) is 0.200. The molecule has 52 heavy (non-hydrogen) atoms. The second-order valence-corrected chi connectivity index (χ2v) is 14.1. The summed E-state index contributed by atoms with van der Waals surface area (Å²) in [6, 6.07) is 15.7. The summed E-state index contributed by atoms with van der Waals surface area (Å²) in [4.78, 5) is 31.4. The summed E-state index contributed by atoms with van der Waals surface area (Å²) in [5.41, 5.74) is 0.517. The van der Waals surface area contributed by atoms with Gasteiger partial charge in [-0.2, -0.15) is 5.10 Å². The fourth-order valence-electron chi connectivity index (χ4n) is 6.04. The minimum absolute atomic E-state index is 0.0359. The quantitative estimate of drug-likeness (QED) is 0.168. The highest BCUT2D eigenvalue weighted by Gasteiger charge is 2.30. The van der Waals surface area contributed by atoms with Crippen LogP contribution in [-0.4, -0.2) is 59.4 Å². The molecule has 2 aromatic heterocycles. The number of rotatable bonds is 11. The number of carboxylic acid groups (broad SMARTS) is 1. The number of aromatic nitrogens is 4. The first-order valence-electron chi connectivity index (χ1n) is 15.5. The number of ether oxygens (including phenoxy) is 2. The van der Waals surface area contributed by atoms with Gasteiger partial charge in [-0.3, -0.25) is 14.0 Å². The third-order valence-corrected chi connectivity index (χ3v) is 9.75. The van der Waals surface area contributed by atoms with Crippen molar-refractivity contribution in [2.75, 3.05) is 24.8 Å². The average Bonchev–Trinajstić information content (AvgIpc) is 3.43. The van der Waals surface area contributed by atoms with E-state index in [4.69, 9.17) is 26.1 Å². The second-order valence-electron chi connectivity index (χ2n) is 11.8. The predicted octanol–water partition coefficient (Wildman–Crippen LogP) is 5.74. The van der Waals surface area contributed by atoms with Crippen LogP contribution < -0.4 is 24.7 Å². The number of nitrogens with one attached hydrogen (secondary N) is 1. The van der Waals surface area contributed by atoms with Crippen molar-refractivity contribution in [3.63, 3.8) is 0 Å². The zero-order valence-electron chi connectivity index (χ0n) is 28.1. The maximum absolute atomic E-state index is 14.5. The van der Waals surface area contributed by atoms with Crippen molar-refractivity contribution in [2.24, 2.45) is 7.05 Å². The molecule has 0 spiro atoms. The molecule has 270 valence electrons. The Kier molecular flexibility index (Phi) is 9.79. The number of hydrogen-bond donors (Lipinski definition) is 2. The van der Waals surface area contributed by atoms with E-state index in [1.807, 2.05) is 0 Å². The summed E-state index contributed by atoms with van der Waals surface area (Å²) in [5.74, 6) is -1.02. The van der Waals surface area contributed by atoms with Crippen molar-refractivity contribution in [1.82, 2.24) is 24.6 Å². The first kappa shape index (κ1) is 36.1. The van der Waals surface area contributed by atoms with E-state index in [0.717, 1.165) is 27.3 Å². The lowest BCUT2D eigenvalue weighted by molar-refractivity contribution is 0.189. The van der Waals surface area contributed by atoms with Crippen molar-refractivity contribution in [3.05, 3.63) is 117 Å². The largest absolute Gasteiger partial charge is 0.497 e. The highest BCUT2D eigenvalue weighted by atomic mass is 35.5. The van der Waals surface area contributed by atoms with Crippen LogP contribution in [0.1, 0.15) is 23.0 Å². The predicted molar refractivity (Wildman–Crippen MR) is 191 cm³/mol. The lowest BCUT2D eigenvalue weighted by atomic mass is 10.0. The van der Waals surface area contributed by atoms with E-state index in [9.17, 15) is 31.9 Å². The lowest BCUT2D eigenvalue weighted by Crippen LogP contribution is -2.35. The van der Waals surface area contributed by atoms with E-state index >= 15 is 0 Å². The van der Waals surface area contributed by atoms with Gasteiger partial charge in [0.15, 0.2) is 5.82 Å². The Morgan fingerprint density at radius 1 is 0.981 bits per heavy atom. The number of fused-ring (bicyclic) bond motifs is 2. The monoisotopic (exact) mass is 752 g/mol. The molecule has 0 saturated carbocycles. The van der Waals surface area contributed by atoms with Gasteiger partial charge >= 0.3 is 6.09 Å². The molecular formula is C35H31ClF2N6O7S. The van der Waals surface area contributed by atoms with Crippen molar-refractivity contribution < 1.29 is 36.6 Å². The minimum atomic E-state index is -3.99. The van der Waals surface area contributed by atoms with E-state index in [2.05, 4.69) is 10.4 Å². The Morgan fingerprint density at radius 2 is 1.63 bits per heavy atom. The number of methoxy groups -OCH3 is 2. The number of halogens is 3. The summed E-state index contributed by atoms with van der Waals surface area (Å²) in [7, 11) is 0.485. The second kappa shape index (κ2) is 14.1. The summed E-state index contributed by atoms with van der Waals surface area (Å²) in [6.45, 7) is -0.130. The van der Waals surface area contributed by atoms with Gasteiger partial charge in [0.25, 0.3) is 5.56 Å². The number of anilines is 1. The van der Waals surface area contributed by atoms with Gasteiger partial charge in [0.2, 0.25) is 10.0 Å². The zero-order valence-corrected chi connectivity index (χ0v) is 29.7. The number of benzene rings is 4. The maximum Gasteiger partial charge on any atom is 0.405 e. The Bertz CT molecular complexity index is 2510. The van der Waals surface area contributed by atoms with E-state index < -0.39 is 39.4 Å². The number of aryl methyl sites for hydroxylation is 1. The van der Waals surface area contributed by atoms with Gasteiger partial charge in [-0.05, 0) is 59.7 Å². The Morgan fingerprint density at radius 3 is 2.25 bits per heavy atom. The molecule has 17 heteroatoms. The molecule has 0 saturated heterocycles. The molecule has 6 aromatic rings. The molecule has 1 amide bonds. The molecule has 0 aliphatic rings. The van der Waals surface area contributed by atoms with Crippen LogP contribution >= 0.6 is 11.6 Å². The highest BCUT2D eigenvalue weighted by molar-refractivity contribution is 7.92. The van der Waals surface area contributed by atoms with Crippen molar-refractivity contribution in [1.29, 1.82) is 0 Å². The third-order valence-electron chi connectivity index (χ3n) is 8.33. The summed E-state index contributed by atoms with van der Waals surface area (Å²) >= 11 is 6.78. The summed E-state index contributed by atoms with van der Waals surface area (Å²) < 4.78 is 69.3. The standard InChI is InChI=1S/C35H31ClF2N6O7S/c1-42-31-29(12-11-26(36)30(31)33(41-42)43(52(4,48)49)18-19-5-7-23(50-2)8-6-19)44-32(39-27-17-24(51-3)9-10-25(27)34(44)45)28(40-35(46)47)15-20-13-21(37)16-22(38)14-20/h5-14,16-17,28,40H,15,18H2,1-4H3,(H,46,47). The topological polar surface area (TPSA) is 158 Å². The molecule has 0 aliphatic heterocycles. The van der Waals surface area contributed by atoms with Crippen LogP contribution in [-0.2, 0) is 30.0 Å². The van der Waals surface area contributed by atoms with E-state index in [1.165, 1.54) is 50.2 Å². The Labute approximate surface area is 300 Å². The highest BCUT2D eigenvalue weighted by Crippen LogP contribution is 2.38. The van der Waals surface area contributed by atoms with Crippen LogP contribution in [0.2, 0.25) is 5.02 Å². The van der Waals surface area contributed by atoms with Crippen LogP contribution in [0.15, 0.2) is 77.6 Å². The van der Waals surface area contributed by atoms with Gasteiger partial charge < -0.3 is 19.9 Å². The molecule has 0 fully saturated rings. The summed E-state index contributed by atoms with van der Waals surface area (Å²) in [6.07, 6.45) is -0.795. The first-order chi connectivity index (χ1) is 24.7. The number of carbonyl (C=O) groups is 1. The number of sulfonamides is 1. The first-order valence-corrected chi connectivity index (χ1v) is 17.7. The SMILES string of the molecule is COc1ccc(CN(c2nn(C)c3c(-n4c(C(Cc5cc(F)cc(F)c5)NC(=O)O)nc5cc(OC)ccc5c4=O)ccc(Cl)c23)S(C)(=O)=O)cc1. The lowest BCUT2D eigenvalue weighted by Gasteiger charge is -2.23. The molecule has 2 N–H and O–H groups in total. The van der Waals surface area contributed by atoms with Crippen LogP contribution in [0.5, 0.6) is 11.5 Å². The molecule has 1 unspecified atom stereocenters. The molecule has 1 atom stereocenters. The van der Waals surface area contributed by atoms with Gasteiger partial charge in [0.1, 0.15) is 29.0 Å². The molecule has 4 aromatic carbocycles. The average molecular weight is 753 g/mol. The van der Waals surface area contributed by atoms with Crippen molar-refractivity contribution in [2.45, 2.75) is 19.0 Å². The van der Waals surface area contributed by atoms with Crippen molar-refractivity contribution in [3.8, 4) is 17.2 Å². The van der Waals surface area contributed by atoms with Gasteiger partial charge in [0, 0.05) is 25.6 Å². The molecule has 0 bridgehead atoms. The maximum atomic E-state index is 14.5. The Balaban J connectivity index is 1.63. The van der Waals surface area contributed by atoms with Crippen LogP contribution in [0.4, 0.5) is 19.4 Å². The van der Waals surface area contributed by atoms with E-state index in [0.29, 0.717) is 23.1 Å². The minimum Gasteiger partial charge on any atom is -0.497 e. The number of nitrogens with zero attached hydrogens (tertiary/aromatic N) is 5. The molecule has 6 rings (SSSR count). The number of amides is 1. The van der Waals surface area contributed by atoms with Crippen LogP contribution in [0, 0.1) is 11.6 Å². The molecule has 13 nitrogen and oxygen atoms in total. The summed E-state index contributed by atoms with van der Waals surface area (Å²) in [5, 5.41) is 17.2. The van der Waals surface area contributed by atoms with Crippen LogP contribution in [0.3, 0.4) is 0 Å². The van der Waals surface area contributed by atoms with Gasteiger partial charge in [-0.1, -0.05) is 23.7 Å². The molecule has 0 radical (unpaired) electrons. The molecule has 0 aliphatic carbocycles. The number of hydrogen-bond acceptors (Lipinski definition) is 8. The fourth-order valence-corrected chi connectivity index (χ4v) is 7.10. The third kappa shape index (κ3) is 7.07. The van der Waals surface area contributed by atoms with Gasteiger partial charge in [-0.15, -0.1) is 0 Å². The normalized spacial score (nSPS) is 12.2. The van der Waals surface area contributed by atoms with Crippen molar-refractivity contribution >= 4 is 55.3 Å². The zero-order chi connectivity index (χ0) is 37.5.